The molecule has 1 aliphatic rings. The van der Waals surface area contributed by atoms with E-state index in [0.29, 0.717) is 18.2 Å². The zero-order valence-electron chi connectivity index (χ0n) is 7.55. The molecule has 3 heteroatoms. The molecule has 11 heavy (non-hydrogen) atoms. The molecule has 0 amide bonds. The second-order valence-electron chi connectivity index (χ2n) is 3.36. The molecule has 1 rings (SSSR count). The number of ether oxygens (including phenoxy) is 1. The Balaban J connectivity index is 2.31. The van der Waals surface area contributed by atoms with Crippen LogP contribution in [0.1, 0.15) is 13.8 Å². The third-order valence-corrected chi connectivity index (χ3v) is 2.01. The Hall–Kier alpha value is -0.120. The summed E-state index contributed by atoms with van der Waals surface area (Å²) >= 11 is 0. The lowest BCUT2D eigenvalue weighted by atomic mass is 10.2. The molecule has 0 saturated carbocycles. The zero-order chi connectivity index (χ0) is 8.27. The first kappa shape index (κ1) is 8.97. The van der Waals surface area contributed by atoms with Gasteiger partial charge in [0.2, 0.25) is 0 Å². The van der Waals surface area contributed by atoms with Crippen LogP contribution >= 0.6 is 0 Å². The second-order valence-corrected chi connectivity index (χ2v) is 3.36. The molecule has 0 aliphatic carbocycles. The Labute approximate surface area is 68.5 Å². The van der Waals surface area contributed by atoms with Crippen LogP contribution in [0.15, 0.2) is 0 Å². The first-order valence-corrected chi connectivity index (χ1v) is 4.23. The van der Waals surface area contributed by atoms with Crippen LogP contribution in [-0.4, -0.2) is 38.4 Å². The Morgan fingerprint density at radius 3 is 2.73 bits per heavy atom. The van der Waals surface area contributed by atoms with Crippen LogP contribution in [-0.2, 0) is 4.74 Å². The normalized spacial score (nSPS) is 31.6. The SMILES string of the molecule is COC1CNCC1NC(C)C. The van der Waals surface area contributed by atoms with E-state index in [4.69, 9.17) is 4.74 Å². The summed E-state index contributed by atoms with van der Waals surface area (Å²) in [5, 5.41) is 6.75. The maximum absolute atomic E-state index is 5.30. The first-order valence-electron chi connectivity index (χ1n) is 4.23. The van der Waals surface area contributed by atoms with E-state index in [1.807, 2.05) is 0 Å². The first-order chi connectivity index (χ1) is 5.24. The van der Waals surface area contributed by atoms with Crippen molar-refractivity contribution in [3.05, 3.63) is 0 Å². The molecule has 1 aliphatic heterocycles. The van der Waals surface area contributed by atoms with Crippen LogP contribution in [0.5, 0.6) is 0 Å². The van der Waals surface area contributed by atoms with Gasteiger partial charge in [-0.25, -0.2) is 0 Å². The van der Waals surface area contributed by atoms with Crippen LogP contribution in [0, 0.1) is 0 Å². The Morgan fingerprint density at radius 2 is 2.18 bits per heavy atom. The van der Waals surface area contributed by atoms with Gasteiger partial charge in [-0.2, -0.15) is 0 Å². The number of methoxy groups -OCH3 is 1. The quantitative estimate of drug-likeness (QED) is 0.605. The zero-order valence-corrected chi connectivity index (χ0v) is 7.55. The molecule has 1 heterocycles. The minimum Gasteiger partial charge on any atom is -0.378 e. The Morgan fingerprint density at radius 1 is 1.45 bits per heavy atom. The summed E-state index contributed by atoms with van der Waals surface area (Å²) in [4.78, 5) is 0. The van der Waals surface area contributed by atoms with Gasteiger partial charge in [0.05, 0.1) is 6.10 Å². The maximum Gasteiger partial charge on any atom is 0.0860 e. The van der Waals surface area contributed by atoms with Gasteiger partial charge in [-0.3, -0.25) is 0 Å². The summed E-state index contributed by atoms with van der Waals surface area (Å²) in [5.41, 5.74) is 0. The van der Waals surface area contributed by atoms with E-state index in [1.165, 1.54) is 0 Å². The Kier molecular flexibility index (Phi) is 3.30. The van der Waals surface area contributed by atoms with Crippen LogP contribution < -0.4 is 10.6 Å². The van der Waals surface area contributed by atoms with Crippen molar-refractivity contribution in [2.75, 3.05) is 20.2 Å². The van der Waals surface area contributed by atoms with E-state index in [-0.39, 0.29) is 0 Å². The van der Waals surface area contributed by atoms with Crippen molar-refractivity contribution in [3.63, 3.8) is 0 Å². The van der Waals surface area contributed by atoms with Gasteiger partial charge in [-0.05, 0) is 0 Å². The summed E-state index contributed by atoms with van der Waals surface area (Å²) < 4.78 is 5.30. The summed E-state index contributed by atoms with van der Waals surface area (Å²) in [5.74, 6) is 0. The van der Waals surface area contributed by atoms with E-state index in [0.717, 1.165) is 13.1 Å². The summed E-state index contributed by atoms with van der Waals surface area (Å²) in [7, 11) is 1.77. The van der Waals surface area contributed by atoms with Gasteiger partial charge < -0.3 is 15.4 Å². The number of hydrogen-bond donors (Lipinski definition) is 2. The van der Waals surface area contributed by atoms with Crippen LogP contribution in [0.25, 0.3) is 0 Å². The molecule has 0 aromatic heterocycles. The van der Waals surface area contributed by atoms with Gasteiger partial charge >= 0.3 is 0 Å². The average Bonchev–Trinajstić information content (AvgIpc) is 2.34. The monoisotopic (exact) mass is 158 g/mol. The lowest BCUT2D eigenvalue weighted by molar-refractivity contribution is 0.0938. The van der Waals surface area contributed by atoms with Crippen LogP contribution in [0.3, 0.4) is 0 Å². The third-order valence-electron chi connectivity index (χ3n) is 2.01. The Bertz CT molecular complexity index is 117. The van der Waals surface area contributed by atoms with Crippen molar-refractivity contribution < 1.29 is 4.74 Å². The van der Waals surface area contributed by atoms with Crippen molar-refractivity contribution in [1.82, 2.24) is 10.6 Å². The molecule has 0 aromatic rings. The number of hydrogen-bond acceptors (Lipinski definition) is 3. The maximum atomic E-state index is 5.30. The van der Waals surface area contributed by atoms with E-state index in [1.54, 1.807) is 7.11 Å². The van der Waals surface area contributed by atoms with E-state index >= 15 is 0 Å². The molecule has 66 valence electrons. The molecule has 1 saturated heterocycles. The lowest BCUT2D eigenvalue weighted by Gasteiger charge is -2.20. The van der Waals surface area contributed by atoms with Gasteiger partial charge in [0.15, 0.2) is 0 Å². The molecule has 0 aromatic carbocycles. The van der Waals surface area contributed by atoms with Crippen molar-refractivity contribution in [3.8, 4) is 0 Å². The minimum atomic E-state index is 0.345. The smallest absolute Gasteiger partial charge is 0.0860 e. The summed E-state index contributed by atoms with van der Waals surface area (Å²) in [6.07, 6.45) is 0.345. The summed E-state index contributed by atoms with van der Waals surface area (Å²) in [6.45, 7) is 6.31. The molecule has 2 N–H and O–H groups in total. The van der Waals surface area contributed by atoms with Crippen molar-refractivity contribution in [1.29, 1.82) is 0 Å². The highest BCUT2D eigenvalue weighted by Crippen LogP contribution is 2.04. The van der Waals surface area contributed by atoms with E-state index < -0.39 is 0 Å². The largest absolute Gasteiger partial charge is 0.378 e. The third kappa shape index (κ3) is 2.43. The van der Waals surface area contributed by atoms with Gasteiger partial charge in [-0.15, -0.1) is 0 Å². The van der Waals surface area contributed by atoms with Crippen molar-refractivity contribution in [2.45, 2.75) is 32.0 Å². The fourth-order valence-electron chi connectivity index (χ4n) is 1.50. The minimum absolute atomic E-state index is 0.345. The molecule has 3 nitrogen and oxygen atoms in total. The predicted molar refractivity (Wildman–Crippen MR) is 45.7 cm³/mol. The fraction of sp³-hybridized carbons (Fsp3) is 1.00. The molecule has 0 radical (unpaired) electrons. The van der Waals surface area contributed by atoms with Crippen molar-refractivity contribution >= 4 is 0 Å². The highest BCUT2D eigenvalue weighted by Gasteiger charge is 2.26. The topological polar surface area (TPSA) is 33.3 Å². The fourth-order valence-corrected chi connectivity index (χ4v) is 1.50. The van der Waals surface area contributed by atoms with Gasteiger partial charge in [0, 0.05) is 32.3 Å². The lowest BCUT2D eigenvalue weighted by Crippen LogP contribution is -2.43. The number of nitrogens with one attached hydrogen (secondary N) is 2. The van der Waals surface area contributed by atoms with Crippen LogP contribution in [0.4, 0.5) is 0 Å². The summed E-state index contributed by atoms with van der Waals surface area (Å²) in [6, 6.07) is 1.03. The molecule has 1 fully saturated rings. The van der Waals surface area contributed by atoms with E-state index in [2.05, 4.69) is 24.5 Å². The molecule has 2 unspecified atom stereocenters. The predicted octanol–water partition coefficient (Wildman–Crippen LogP) is -0.0288. The highest BCUT2D eigenvalue weighted by atomic mass is 16.5. The molecule has 0 bridgehead atoms. The van der Waals surface area contributed by atoms with Gasteiger partial charge in [-0.1, -0.05) is 13.8 Å². The number of rotatable bonds is 3. The average molecular weight is 158 g/mol. The van der Waals surface area contributed by atoms with Gasteiger partial charge in [0.25, 0.3) is 0 Å². The van der Waals surface area contributed by atoms with E-state index in [9.17, 15) is 0 Å². The second kappa shape index (κ2) is 4.04. The van der Waals surface area contributed by atoms with Gasteiger partial charge in [0.1, 0.15) is 0 Å². The van der Waals surface area contributed by atoms with Crippen molar-refractivity contribution in [2.24, 2.45) is 0 Å². The van der Waals surface area contributed by atoms with Crippen LogP contribution in [0.2, 0.25) is 0 Å². The molecular weight excluding hydrogens is 140 g/mol. The highest BCUT2D eigenvalue weighted by molar-refractivity contribution is 4.88. The molecule has 0 spiro atoms. The standard InChI is InChI=1S/C8H18N2O/c1-6(2)10-7-4-9-5-8(7)11-3/h6-10H,4-5H2,1-3H3. The molecular formula is C8H18N2O. The molecule has 2 atom stereocenters.